The Labute approximate surface area is 94.4 Å². The Hall–Kier alpha value is -0.370. The van der Waals surface area contributed by atoms with Gasteiger partial charge in [-0.2, -0.15) is 0 Å². The van der Waals surface area contributed by atoms with E-state index in [0.29, 0.717) is 6.42 Å². The first-order chi connectivity index (χ1) is 7.10. The summed E-state index contributed by atoms with van der Waals surface area (Å²) < 4.78 is 5.38. The molecule has 0 radical (unpaired) electrons. The highest BCUT2D eigenvalue weighted by Gasteiger charge is 2.30. The predicted octanol–water partition coefficient (Wildman–Crippen LogP) is 3.73. The molecule has 0 saturated carbocycles. The molecule has 15 heavy (non-hydrogen) atoms. The maximum Gasteiger partial charge on any atom is 0.164 e. The number of carbonyl (C=O) groups excluding carboxylic acids is 1. The molecule has 0 fully saturated rings. The van der Waals surface area contributed by atoms with E-state index < -0.39 is 5.60 Å². The maximum absolute atomic E-state index is 11.8. The summed E-state index contributed by atoms with van der Waals surface area (Å²) in [5, 5.41) is 0. The summed E-state index contributed by atoms with van der Waals surface area (Å²) in [6.45, 7) is 6.15. The van der Waals surface area contributed by atoms with Crippen molar-refractivity contribution in [3.05, 3.63) is 0 Å². The first-order valence-corrected chi connectivity index (χ1v) is 6.19. The van der Waals surface area contributed by atoms with Crippen LogP contribution in [0.2, 0.25) is 0 Å². The number of methoxy groups -OCH3 is 1. The fourth-order valence-corrected chi connectivity index (χ4v) is 1.74. The molecule has 0 aromatic rings. The summed E-state index contributed by atoms with van der Waals surface area (Å²) in [5.41, 5.74) is -0.538. The first kappa shape index (κ1) is 14.6. The monoisotopic (exact) mass is 214 g/mol. The van der Waals surface area contributed by atoms with Crippen LogP contribution in [0.4, 0.5) is 0 Å². The van der Waals surface area contributed by atoms with E-state index in [1.165, 1.54) is 19.3 Å². The van der Waals surface area contributed by atoms with Crippen molar-refractivity contribution in [1.82, 2.24) is 0 Å². The van der Waals surface area contributed by atoms with Crippen LogP contribution in [0.5, 0.6) is 0 Å². The molecular weight excluding hydrogens is 188 g/mol. The van der Waals surface area contributed by atoms with E-state index in [1.807, 2.05) is 13.8 Å². The van der Waals surface area contributed by atoms with E-state index in [1.54, 1.807) is 7.11 Å². The molecule has 1 unspecified atom stereocenters. The maximum atomic E-state index is 11.8. The minimum Gasteiger partial charge on any atom is -0.371 e. The van der Waals surface area contributed by atoms with Gasteiger partial charge in [-0.15, -0.1) is 0 Å². The molecule has 0 aliphatic rings. The third kappa shape index (κ3) is 5.31. The molecule has 0 aromatic carbocycles. The quantitative estimate of drug-likeness (QED) is 0.547. The Morgan fingerprint density at radius 1 is 1.13 bits per heavy atom. The number of Topliss-reactive ketones (excluding diaryl/α,β-unsaturated/α-hetero) is 1. The van der Waals surface area contributed by atoms with Crippen molar-refractivity contribution in [3.63, 3.8) is 0 Å². The Morgan fingerprint density at radius 3 is 2.27 bits per heavy atom. The molecule has 0 aliphatic heterocycles. The van der Waals surface area contributed by atoms with Crippen LogP contribution in [0.15, 0.2) is 0 Å². The number of hydrogen-bond acceptors (Lipinski definition) is 2. The van der Waals surface area contributed by atoms with E-state index in [-0.39, 0.29) is 5.78 Å². The van der Waals surface area contributed by atoms with E-state index in [4.69, 9.17) is 4.74 Å². The second-order valence-corrected chi connectivity index (χ2v) is 4.42. The summed E-state index contributed by atoms with van der Waals surface area (Å²) in [4.78, 5) is 11.8. The van der Waals surface area contributed by atoms with Crippen molar-refractivity contribution in [2.24, 2.45) is 0 Å². The lowest BCUT2D eigenvalue weighted by molar-refractivity contribution is -0.140. The number of carbonyl (C=O) groups is 1. The van der Waals surface area contributed by atoms with Crippen LogP contribution in [-0.4, -0.2) is 18.5 Å². The molecule has 90 valence electrons. The summed E-state index contributed by atoms with van der Waals surface area (Å²) in [7, 11) is 1.65. The lowest BCUT2D eigenvalue weighted by Gasteiger charge is -2.26. The Bertz CT molecular complexity index is 177. The second-order valence-electron chi connectivity index (χ2n) is 4.42. The molecule has 0 amide bonds. The third-order valence-electron chi connectivity index (χ3n) is 3.02. The highest BCUT2D eigenvalue weighted by molar-refractivity contribution is 5.86. The van der Waals surface area contributed by atoms with Crippen molar-refractivity contribution in [1.29, 1.82) is 0 Å². The largest absolute Gasteiger partial charge is 0.371 e. The van der Waals surface area contributed by atoms with Crippen LogP contribution in [0.1, 0.15) is 65.7 Å². The predicted molar refractivity (Wildman–Crippen MR) is 64.1 cm³/mol. The van der Waals surface area contributed by atoms with E-state index in [2.05, 4.69) is 6.92 Å². The highest BCUT2D eigenvalue weighted by Crippen LogP contribution is 2.22. The number of unbranched alkanes of at least 4 members (excludes halogenated alkanes) is 3. The van der Waals surface area contributed by atoms with Gasteiger partial charge >= 0.3 is 0 Å². The Kier molecular flexibility index (Phi) is 7.67. The lowest BCUT2D eigenvalue weighted by atomic mass is 9.91. The zero-order valence-electron chi connectivity index (χ0n) is 10.8. The SMILES string of the molecule is CCCCCCC(C)(OC)C(=O)CCC. The number of hydrogen-bond donors (Lipinski definition) is 0. The average Bonchev–Trinajstić information content (AvgIpc) is 2.24. The topological polar surface area (TPSA) is 26.3 Å². The summed E-state index contributed by atoms with van der Waals surface area (Å²) in [6, 6.07) is 0. The molecule has 0 N–H and O–H groups in total. The first-order valence-electron chi connectivity index (χ1n) is 6.19. The summed E-state index contributed by atoms with van der Waals surface area (Å²) in [5.74, 6) is 0.254. The minimum absolute atomic E-state index is 0.254. The van der Waals surface area contributed by atoms with Crippen LogP contribution in [0, 0.1) is 0 Å². The number of ether oxygens (including phenoxy) is 1. The van der Waals surface area contributed by atoms with Gasteiger partial charge in [0.15, 0.2) is 5.78 Å². The fourth-order valence-electron chi connectivity index (χ4n) is 1.74. The van der Waals surface area contributed by atoms with Gasteiger partial charge in [0.05, 0.1) is 0 Å². The molecule has 0 saturated heterocycles. The van der Waals surface area contributed by atoms with Gasteiger partial charge in [-0.05, 0) is 19.8 Å². The van der Waals surface area contributed by atoms with Crippen LogP contribution < -0.4 is 0 Å². The van der Waals surface area contributed by atoms with Gasteiger partial charge in [0.1, 0.15) is 5.60 Å². The minimum atomic E-state index is -0.538. The molecule has 2 heteroatoms. The van der Waals surface area contributed by atoms with Crippen LogP contribution in [0.3, 0.4) is 0 Å². The average molecular weight is 214 g/mol. The van der Waals surface area contributed by atoms with Gasteiger partial charge in [0.2, 0.25) is 0 Å². The van der Waals surface area contributed by atoms with Crippen LogP contribution >= 0.6 is 0 Å². The van der Waals surface area contributed by atoms with Crippen LogP contribution in [-0.2, 0) is 9.53 Å². The van der Waals surface area contributed by atoms with Gasteiger partial charge in [-0.3, -0.25) is 4.79 Å². The number of rotatable bonds is 9. The van der Waals surface area contributed by atoms with Crippen molar-refractivity contribution in [2.75, 3.05) is 7.11 Å². The van der Waals surface area contributed by atoms with E-state index in [0.717, 1.165) is 19.3 Å². The van der Waals surface area contributed by atoms with Crippen LogP contribution in [0.25, 0.3) is 0 Å². The van der Waals surface area contributed by atoms with E-state index in [9.17, 15) is 4.79 Å². The van der Waals surface area contributed by atoms with Gasteiger partial charge in [-0.1, -0.05) is 39.5 Å². The summed E-state index contributed by atoms with van der Waals surface area (Å²) in [6.07, 6.45) is 7.18. The molecule has 0 heterocycles. The highest BCUT2D eigenvalue weighted by atomic mass is 16.5. The van der Waals surface area contributed by atoms with Gasteiger partial charge in [0.25, 0.3) is 0 Å². The third-order valence-corrected chi connectivity index (χ3v) is 3.02. The molecule has 0 aliphatic carbocycles. The molecule has 1 atom stereocenters. The van der Waals surface area contributed by atoms with E-state index >= 15 is 0 Å². The molecular formula is C13H26O2. The van der Waals surface area contributed by atoms with Crippen molar-refractivity contribution >= 4 is 5.78 Å². The smallest absolute Gasteiger partial charge is 0.164 e. The van der Waals surface area contributed by atoms with Gasteiger partial charge in [-0.25, -0.2) is 0 Å². The standard InChI is InChI=1S/C13H26O2/c1-5-7-8-9-11-13(3,15-4)12(14)10-6-2/h5-11H2,1-4H3. The zero-order valence-corrected chi connectivity index (χ0v) is 10.8. The molecule has 0 spiro atoms. The Balaban J connectivity index is 4.00. The summed E-state index contributed by atoms with van der Waals surface area (Å²) >= 11 is 0. The molecule has 0 rings (SSSR count). The van der Waals surface area contributed by atoms with Crippen molar-refractivity contribution < 1.29 is 9.53 Å². The van der Waals surface area contributed by atoms with Crippen molar-refractivity contribution in [3.8, 4) is 0 Å². The number of ketones is 1. The van der Waals surface area contributed by atoms with Gasteiger partial charge in [0, 0.05) is 13.5 Å². The normalized spacial score (nSPS) is 14.9. The van der Waals surface area contributed by atoms with Crippen molar-refractivity contribution in [2.45, 2.75) is 71.3 Å². The fraction of sp³-hybridized carbons (Fsp3) is 0.923. The second kappa shape index (κ2) is 7.86. The zero-order chi connectivity index (χ0) is 11.7. The molecule has 0 aromatic heterocycles. The molecule has 2 nitrogen and oxygen atoms in total. The van der Waals surface area contributed by atoms with Gasteiger partial charge < -0.3 is 4.74 Å². The Morgan fingerprint density at radius 2 is 1.80 bits per heavy atom. The molecule has 0 bridgehead atoms. The lowest BCUT2D eigenvalue weighted by Crippen LogP contribution is -2.37.